The summed E-state index contributed by atoms with van der Waals surface area (Å²) < 4.78 is 12.1. The third-order valence-electron chi connectivity index (χ3n) is 3.12. The Labute approximate surface area is 121 Å². The summed E-state index contributed by atoms with van der Waals surface area (Å²) in [6.45, 7) is 0.467. The van der Waals surface area contributed by atoms with Crippen molar-refractivity contribution in [3.8, 4) is 5.75 Å². The summed E-state index contributed by atoms with van der Waals surface area (Å²) in [6.07, 6.45) is 3.35. The highest BCUT2D eigenvalue weighted by atomic mass is 16.5. The van der Waals surface area contributed by atoms with Crippen LogP contribution in [-0.2, 0) is 11.3 Å². The Bertz CT molecular complexity index is 766. The molecule has 0 amide bonds. The van der Waals surface area contributed by atoms with Crippen molar-refractivity contribution in [2.75, 3.05) is 7.11 Å². The highest BCUT2D eigenvalue weighted by molar-refractivity contribution is 5.86. The standard InChI is InChI=1S/C16H14N2O3/c1-20-16(19)15-17-9-13-7-8-14(10-18(13)15)21-11-12-5-3-2-4-6-12/h2-10H,11H2,1H3. The van der Waals surface area contributed by atoms with E-state index in [9.17, 15) is 4.79 Å². The highest BCUT2D eigenvalue weighted by Gasteiger charge is 2.13. The minimum absolute atomic E-state index is 0.234. The van der Waals surface area contributed by atoms with E-state index in [-0.39, 0.29) is 5.82 Å². The molecule has 0 fully saturated rings. The molecule has 2 aromatic heterocycles. The first-order valence-corrected chi connectivity index (χ1v) is 6.50. The van der Waals surface area contributed by atoms with Gasteiger partial charge in [-0.05, 0) is 17.7 Å². The van der Waals surface area contributed by atoms with Crippen molar-refractivity contribution in [3.05, 3.63) is 66.2 Å². The van der Waals surface area contributed by atoms with Gasteiger partial charge in [0.1, 0.15) is 12.4 Å². The number of hydrogen-bond acceptors (Lipinski definition) is 4. The Balaban J connectivity index is 1.84. The van der Waals surface area contributed by atoms with E-state index in [0.717, 1.165) is 11.1 Å². The van der Waals surface area contributed by atoms with Crippen molar-refractivity contribution in [1.29, 1.82) is 0 Å². The van der Waals surface area contributed by atoms with Crippen molar-refractivity contribution in [2.45, 2.75) is 6.61 Å². The number of methoxy groups -OCH3 is 1. The minimum Gasteiger partial charge on any atom is -0.487 e. The number of esters is 1. The van der Waals surface area contributed by atoms with Crippen molar-refractivity contribution >= 4 is 11.5 Å². The maximum atomic E-state index is 11.6. The SMILES string of the molecule is COC(=O)c1ncc2ccc(OCc3ccccc3)cn12. The fourth-order valence-corrected chi connectivity index (χ4v) is 2.04. The number of benzene rings is 1. The van der Waals surface area contributed by atoms with E-state index >= 15 is 0 Å². The van der Waals surface area contributed by atoms with E-state index in [0.29, 0.717) is 12.4 Å². The van der Waals surface area contributed by atoms with Crippen LogP contribution in [0.2, 0.25) is 0 Å². The van der Waals surface area contributed by atoms with Gasteiger partial charge in [-0.3, -0.25) is 4.40 Å². The van der Waals surface area contributed by atoms with Crippen LogP contribution in [0.15, 0.2) is 54.9 Å². The third kappa shape index (κ3) is 2.72. The van der Waals surface area contributed by atoms with Crippen LogP contribution in [0.4, 0.5) is 0 Å². The fourth-order valence-electron chi connectivity index (χ4n) is 2.04. The Morgan fingerprint density at radius 3 is 2.76 bits per heavy atom. The smallest absolute Gasteiger partial charge is 0.374 e. The van der Waals surface area contributed by atoms with Crippen LogP contribution in [0.3, 0.4) is 0 Å². The molecule has 0 saturated heterocycles. The molecule has 0 atom stereocenters. The van der Waals surface area contributed by atoms with Gasteiger partial charge in [-0.25, -0.2) is 9.78 Å². The molecule has 3 rings (SSSR count). The predicted octanol–water partition coefficient (Wildman–Crippen LogP) is 2.70. The largest absolute Gasteiger partial charge is 0.487 e. The molecule has 0 bridgehead atoms. The van der Waals surface area contributed by atoms with Gasteiger partial charge in [0.15, 0.2) is 0 Å². The first-order chi connectivity index (χ1) is 10.3. The van der Waals surface area contributed by atoms with E-state index < -0.39 is 5.97 Å². The molecule has 106 valence electrons. The Morgan fingerprint density at radius 1 is 1.19 bits per heavy atom. The number of aromatic nitrogens is 2. The summed E-state index contributed by atoms with van der Waals surface area (Å²) in [5.74, 6) is 0.419. The quantitative estimate of drug-likeness (QED) is 0.690. The lowest BCUT2D eigenvalue weighted by molar-refractivity contribution is 0.0586. The zero-order valence-corrected chi connectivity index (χ0v) is 11.5. The van der Waals surface area contributed by atoms with Crippen LogP contribution in [0.5, 0.6) is 5.75 Å². The van der Waals surface area contributed by atoms with Gasteiger partial charge in [0, 0.05) is 0 Å². The molecule has 2 heterocycles. The summed E-state index contributed by atoms with van der Waals surface area (Å²) in [5, 5.41) is 0. The van der Waals surface area contributed by atoms with Crippen LogP contribution in [0.1, 0.15) is 16.2 Å². The second-order valence-electron chi connectivity index (χ2n) is 4.51. The van der Waals surface area contributed by atoms with Crippen LogP contribution >= 0.6 is 0 Å². The first kappa shape index (κ1) is 13.2. The first-order valence-electron chi connectivity index (χ1n) is 6.50. The number of pyridine rings is 1. The minimum atomic E-state index is -0.477. The van der Waals surface area contributed by atoms with Crippen molar-refractivity contribution < 1.29 is 14.3 Å². The molecule has 1 aromatic carbocycles. The van der Waals surface area contributed by atoms with E-state index in [1.54, 1.807) is 16.8 Å². The Morgan fingerprint density at radius 2 is 2.00 bits per heavy atom. The number of carbonyl (C=O) groups excluding carboxylic acids is 1. The van der Waals surface area contributed by atoms with Crippen LogP contribution in [0, 0.1) is 0 Å². The van der Waals surface area contributed by atoms with Crippen molar-refractivity contribution in [3.63, 3.8) is 0 Å². The maximum Gasteiger partial charge on any atom is 0.374 e. The zero-order valence-electron chi connectivity index (χ0n) is 11.5. The third-order valence-corrected chi connectivity index (χ3v) is 3.12. The molecule has 0 unspecified atom stereocenters. The molecule has 0 aliphatic heterocycles. The number of ether oxygens (including phenoxy) is 2. The molecule has 0 radical (unpaired) electrons. The van der Waals surface area contributed by atoms with Gasteiger partial charge < -0.3 is 9.47 Å². The van der Waals surface area contributed by atoms with Gasteiger partial charge >= 0.3 is 5.97 Å². The number of rotatable bonds is 4. The fraction of sp³-hybridized carbons (Fsp3) is 0.125. The average molecular weight is 282 g/mol. The molecule has 0 spiro atoms. The molecular weight excluding hydrogens is 268 g/mol. The van der Waals surface area contributed by atoms with Gasteiger partial charge in [0.25, 0.3) is 0 Å². The number of carbonyl (C=O) groups is 1. The molecule has 21 heavy (non-hydrogen) atoms. The van der Waals surface area contributed by atoms with Crippen molar-refractivity contribution in [2.24, 2.45) is 0 Å². The topological polar surface area (TPSA) is 52.8 Å². The average Bonchev–Trinajstić information content (AvgIpc) is 2.96. The van der Waals surface area contributed by atoms with E-state index in [1.807, 2.05) is 42.5 Å². The summed E-state index contributed by atoms with van der Waals surface area (Å²) in [4.78, 5) is 15.7. The summed E-state index contributed by atoms with van der Waals surface area (Å²) in [5.41, 5.74) is 1.89. The van der Waals surface area contributed by atoms with Crippen molar-refractivity contribution in [1.82, 2.24) is 9.38 Å². The normalized spacial score (nSPS) is 10.5. The Kier molecular flexibility index (Phi) is 3.55. The van der Waals surface area contributed by atoms with Gasteiger partial charge in [0.05, 0.1) is 25.0 Å². The number of hydrogen-bond donors (Lipinski definition) is 0. The molecule has 0 aliphatic carbocycles. The molecule has 0 saturated carbocycles. The summed E-state index contributed by atoms with van der Waals surface area (Å²) >= 11 is 0. The van der Waals surface area contributed by atoms with E-state index in [2.05, 4.69) is 4.98 Å². The number of imidazole rings is 1. The summed E-state index contributed by atoms with van der Waals surface area (Å²) in [7, 11) is 1.33. The Hall–Kier alpha value is -2.82. The van der Waals surface area contributed by atoms with Crippen LogP contribution in [-0.4, -0.2) is 22.5 Å². The van der Waals surface area contributed by atoms with Crippen LogP contribution < -0.4 is 4.74 Å². The molecule has 5 nitrogen and oxygen atoms in total. The summed E-state index contributed by atoms with van der Waals surface area (Å²) in [6, 6.07) is 13.6. The molecule has 5 heteroatoms. The molecule has 3 aromatic rings. The van der Waals surface area contributed by atoms with Crippen LogP contribution in [0.25, 0.3) is 5.52 Å². The van der Waals surface area contributed by atoms with Gasteiger partial charge in [-0.1, -0.05) is 30.3 Å². The lowest BCUT2D eigenvalue weighted by Crippen LogP contribution is -2.07. The predicted molar refractivity (Wildman–Crippen MR) is 77.3 cm³/mol. The van der Waals surface area contributed by atoms with E-state index in [1.165, 1.54) is 7.11 Å². The monoisotopic (exact) mass is 282 g/mol. The second kappa shape index (κ2) is 5.66. The molecule has 0 N–H and O–H groups in total. The number of fused-ring (bicyclic) bond motifs is 1. The second-order valence-corrected chi connectivity index (χ2v) is 4.51. The number of nitrogens with zero attached hydrogens (tertiary/aromatic N) is 2. The van der Waals surface area contributed by atoms with Gasteiger partial charge in [-0.15, -0.1) is 0 Å². The van der Waals surface area contributed by atoms with Gasteiger partial charge in [0.2, 0.25) is 5.82 Å². The molecule has 0 aliphatic rings. The van der Waals surface area contributed by atoms with Gasteiger partial charge in [-0.2, -0.15) is 0 Å². The highest BCUT2D eigenvalue weighted by Crippen LogP contribution is 2.17. The van der Waals surface area contributed by atoms with E-state index in [4.69, 9.17) is 9.47 Å². The zero-order chi connectivity index (χ0) is 14.7. The lowest BCUT2D eigenvalue weighted by atomic mass is 10.2. The lowest BCUT2D eigenvalue weighted by Gasteiger charge is -2.07. The maximum absolute atomic E-state index is 11.6. The molecular formula is C16H14N2O3.